The zero-order chi connectivity index (χ0) is 69.5. The number of hydrogen-bond donors (Lipinski definition) is 10. The van der Waals surface area contributed by atoms with Gasteiger partial charge in [-0.2, -0.15) is 0 Å². The van der Waals surface area contributed by atoms with Crippen LogP contribution in [0.25, 0.3) is 0 Å². The second kappa shape index (κ2) is 41.1. The van der Waals surface area contributed by atoms with Gasteiger partial charge in [0.15, 0.2) is 62.0 Å². The van der Waals surface area contributed by atoms with Gasteiger partial charge >= 0.3 is 23.9 Å². The lowest BCUT2D eigenvalue weighted by atomic mass is 9.95. The van der Waals surface area contributed by atoms with Gasteiger partial charge in [0, 0.05) is 19.3 Å². The Kier molecular flexibility index (Phi) is 35.1. The van der Waals surface area contributed by atoms with Crippen LogP contribution in [-0.2, 0) is 85.5 Å². The monoisotopic (exact) mass is 1370 g/mol. The zero-order valence-corrected chi connectivity index (χ0v) is 57.1. The highest BCUT2D eigenvalue weighted by molar-refractivity contribution is 5.73. The summed E-state index contributed by atoms with van der Waals surface area (Å²) in [6, 6.07) is 0. The molecule has 6 fully saturated rings. The summed E-state index contributed by atoms with van der Waals surface area (Å²) >= 11 is 0. The van der Waals surface area contributed by atoms with Crippen LogP contribution in [0.2, 0.25) is 0 Å². The van der Waals surface area contributed by atoms with Crippen LogP contribution in [0.1, 0.15) is 216 Å². The van der Waals surface area contributed by atoms with Crippen molar-refractivity contribution in [2.45, 2.75) is 382 Å². The number of esters is 4. The van der Waals surface area contributed by atoms with Gasteiger partial charge < -0.3 is 117 Å². The summed E-state index contributed by atoms with van der Waals surface area (Å²) < 4.78 is 87.9. The number of rotatable bonds is 29. The van der Waals surface area contributed by atoms with E-state index in [0.29, 0.717) is 38.5 Å². The van der Waals surface area contributed by atoms with Crippen LogP contribution in [0, 0.1) is 5.92 Å². The Balaban J connectivity index is 1.35. The van der Waals surface area contributed by atoms with Crippen molar-refractivity contribution >= 4 is 23.9 Å². The van der Waals surface area contributed by atoms with Crippen molar-refractivity contribution < 1.29 is 137 Å². The summed E-state index contributed by atoms with van der Waals surface area (Å²) in [5.74, 6) is -4.47. The number of unbranched alkanes of at least 4 members (excludes halogenated alkanes) is 10. The van der Waals surface area contributed by atoms with E-state index >= 15 is 0 Å². The van der Waals surface area contributed by atoms with Crippen LogP contribution >= 0.6 is 0 Å². The molecule has 10 N–H and O–H groups in total. The van der Waals surface area contributed by atoms with E-state index in [9.17, 15) is 70.2 Å². The fourth-order valence-corrected chi connectivity index (χ4v) is 12.9. The number of hydrogen-bond acceptors (Lipinski definition) is 28. The number of carbonyl (C=O) groups excluding carboxylic acids is 4. The third-order valence-electron chi connectivity index (χ3n) is 19.0. The first-order chi connectivity index (χ1) is 45.5. The van der Waals surface area contributed by atoms with Crippen LogP contribution < -0.4 is 0 Å². The molecule has 552 valence electrons. The normalized spacial score (nSPS) is 39.4. The van der Waals surface area contributed by atoms with Crippen molar-refractivity contribution in [2.75, 3.05) is 13.2 Å². The SMILES string of the molecule is CCCCCCCCCCCC(=O)OC1C(OC2C(C)OC3OC4C(OC(CCCCC)CCCCCCCCCC(=O)OC3C2O)OC(CO)C(O)C4O)OC(C)C(OC2OC(C)C(OC(=O)CCC)C(OC(=O)C(C)C(C)O)C2OC2OC(CO)C(O)C(O)C2O)C1O. The standard InChI is InChI=1S/C67H116O28/c1-9-12-14-15-16-17-20-23-27-32-45(72)89-58-53(80)55(93-67-61(95-63-51(78)49(76)47(74)42(34-68)86-63)60(91-62(81)36(4)37(5)70)56(40(8)84-67)88-44(71)29-11-3)39(7)82-64(58)92-54-38(6)83-65-59(52(54)79)90-46(73)33-28-24-21-18-19-22-26-31-41(30-25-13-10-2)85-66-57(94-65)50(77)48(75)43(35-69)87-66/h36-43,47-61,63-70,74-80H,9-35H2,1-8H3. The summed E-state index contributed by atoms with van der Waals surface area (Å²) in [6.45, 7) is 11.5. The minimum absolute atomic E-state index is 0.0607. The highest BCUT2D eigenvalue weighted by Crippen LogP contribution is 2.40. The molecule has 6 saturated heterocycles. The van der Waals surface area contributed by atoms with Gasteiger partial charge in [-0.25, -0.2) is 0 Å². The predicted octanol–water partition coefficient (Wildman–Crippen LogP) is 3.60. The molecule has 0 radical (unpaired) electrons. The van der Waals surface area contributed by atoms with Crippen molar-refractivity contribution in [2.24, 2.45) is 5.92 Å². The number of fused-ring (bicyclic) bond motifs is 2. The predicted molar refractivity (Wildman–Crippen MR) is 334 cm³/mol. The van der Waals surface area contributed by atoms with E-state index in [1.54, 1.807) is 6.92 Å². The van der Waals surface area contributed by atoms with E-state index in [1.165, 1.54) is 34.6 Å². The van der Waals surface area contributed by atoms with E-state index in [4.69, 9.17) is 66.3 Å². The molecule has 28 atom stereocenters. The third-order valence-corrected chi connectivity index (χ3v) is 19.0. The van der Waals surface area contributed by atoms with Crippen molar-refractivity contribution in [1.82, 2.24) is 0 Å². The lowest BCUT2D eigenvalue weighted by molar-refractivity contribution is -0.396. The minimum atomic E-state index is -2.05. The van der Waals surface area contributed by atoms with Gasteiger partial charge in [0.2, 0.25) is 0 Å². The highest BCUT2D eigenvalue weighted by Gasteiger charge is 2.59. The Morgan fingerprint density at radius 1 is 0.463 bits per heavy atom. The Labute approximate surface area is 559 Å². The Morgan fingerprint density at radius 3 is 1.61 bits per heavy atom. The summed E-state index contributed by atoms with van der Waals surface area (Å²) in [5, 5.41) is 112. The summed E-state index contributed by atoms with van der Waals surface area (Å²) in [6.07, 6.45) is -25.2. The summed E-state index contributed by atoms with van der Waals surface area (Å²) in [5.41, 5.74) is 0. The Bertz CT molecular complexity index is 2210. The van der Waals surface area contributed by atoms with Crippen molar-refractivity contribution in [3.05, 3.63) is 0 Å². The lowest BCUT2D eigenvalue weighted by Gasteiger charge is -2.50. The van der Waals surface area contributed by atoms with Crippen molar-refractivity contribution in [1.29, 1.82) is 0 Å². The quantitative estimate of drug-likeness (QED) is 0.0290. The molecule has 0 aromatic heterocycles. The zero-order valence-electron chi connectivity index (χ0n) is 57.1. The first kappa shape index (κ1) is 81.0. The average Bonchev–Trinajstić information content (AvgIpc) is 0.776. The molecule has 6 aliphatic heterocycles. The van der Waals surface area contributed by atoms with Crippen LogP contribution in [0.4, 0.5) is 0 Å². The van der Waals surface area contributed by atoms with Crippen LogP contribution in [-0.4, -0.2) is 254 Å². The molecule has 6 heterocycles. The molecule has 95 heavy (non-hydrogen) atoms. The minimum Gasteiger partial charge on any atom is -0.455 e. The smallest absolute Gasteiger partial charge is 0.311 e. The Morgan fingerprint density at radius 2 is 0.979 bits per heavy atom. The lowest BCUT2D eigenvalue weighted by Crippen LogP contribution is -2.68. The molecule has 0 spiro atoms. The molecule has 0 aromatic carbocycles. The third kappa shape index (κ3) is 23.3. The van der Waals surface area contributed by atoms with Gasteiger partial charge in [0.25, 0.3) is 0 Å². The summed E-state index contributed by atoms with van der Waals surface area (Å²) in [4.78, 5) is 55.3. The van der Waals surface area contributed by atoms with Crippen LogP contribution in [0.15, 0.2) is 0 Å². The maximum absolute atomic E-state index is 14.1. The van der Waals surface area contributed by atoms with Crippen molar-refractivity contribution in [3.63, 3.8) is 0 Å². The number of aliphatic hydroxyl groups is 10. The highest BCUT2D eigenvalue weighted by atomic mass is 16.8. The molecule has 28 nitrogen and oxygen atoms in total. The molecule has 28 heteroatoms. The van der Waals surface area contributed by atoms with Gasteiger partial charge in [-0.3, -0.25) is 19.2 Å². The molecular formula is C67H116O28. The molecule has 6 aliphatic rings. The van der Waals surface area contributed by atoms with Crippen molar-refractivity contribution in [3.8, 4) is 0 Å². The van der Waals surface area contributed by atoms with E-state index in [1.807, 2.05) is 0 Å². The topological polar surface area (TPSA) is 400 Å². The largest absolute Gasteiger partial charge is 0.455 e. The van der Waals surface area contributed by atoms with E-state index in [2.05, 4.69) is 13.8 Å². The van der Waals surface area contributed by atoms with Gasteiger partial charge in [0.05, 0.1) is 49.7 Å². The van der Waals surface area contributed by atoms with Gasteiger partial charge in [-0.15, -0.1) is 0 Å². The second-order valence-electron chi connectivity index (χ2n) is 26.8. The van der Waals surface area contributed by atoms with Crippen LogP contribution in [0.5, 0.6) is 0 Å². The fraction of sp³-hybridized carbons (Fsp3) is 0.940. The second-order valence-corrected chi connectivity index (χ2v) is 26.8. The number of ether oxygens (including phenoxy) is 14. The maximum atomic E-state index is 14.1. The first-order valence-corrected chi connectivity index (χ1v) is 35.5. The molecule has 0 aromatic rings. The van der Waals surface area contributed by atoms with Gasteiger partial charge in [-0.1, -0.05) is 130 Å². The molecule has 0 saturated carbocycles. The Hall–Kier alpha value is -2.92. The van der Waals surface area contributed by atoms with Gasteiger partial charge in [0.1, 0.15) is 73.2 Å². The van der Waals surface area contributed by atoms with Crippen LogP contribution in [0.3, 0.4) is 0 Å². The molecule has 0 bridgehead atoms. The molecule has 6 rings (SSSR count). The molecule has 0 amide bonds. The van der Waals surface area contributed by atoms with E-state index in [0.717, 1.165) is 103 Å². The number of carbonyl (C=O) groups is 4. The summed E-state index contributed by atoms with van der Waals surface area (Å²) in [7, 11) is 0. The first-order valence-electron chi connectivity index (χ1n) is 35.5. The fourth-order valence-electron chi connectivity index (χ4n) is 12.9. The maximum Gasteiger partial charge on any atom is 0.311 e. The molecule has 0 aliphatic carbocycles. The number of aliphatic hydroxyl groups excluding tert-OH is 10. The van der Waals surface area contributed by atoms with E-state index < -0.39 is 203 Å². The average molecular weight is 1370 g/mol. The molecule has 28 unspecified atom stereocenters. The molecular weight excluding hydrogens is 1250 g/mol. The van der Waals surface area contributed by atoms with E-state index in [-0.39, 0.29) is 25.4 Å². The van der Waals surface area contributed by atoms with Gasteiger partial charge in [-0.05, 0) is 66.7 Å².